The van der Waals surface area contributed by atoms with E-state index in [0.29, 0.717) is 5.92 Å². The summed E-state index contributed by atoms with van der Waals surface area (Å²) in [5.41, 5.74) is 9.21. The van der Waals surface area contributed by atoms with Gasteiger partial charge >= 0.3 is 0 Å². The van der Waals surface area contributed by atoms with Crippen LogP contribution in [0.4, 0.5) is 5.69 Å². The molecule has 0 radical (unpaired) electrons. The molecule has 1 atom stereocenters. The molecule has 2 N–H and O–H groups in total. The van der Waals surface area contributed by atoms with E-state index in [9.17, 15) is 0 Å². The molecule has 2 heteroatoms. The van der Waals surface area contributed by atoms with Crippen molar-refractivity contribution in [1.29, 1.82) is 0 Å². The first-order valence-electron chi connectivity index (χ1n) is 7.09. The molecule has 0 saturated heterocycles. The topological polar surface area (TPSA) is 38.9 Å². The normalized spacial score (nSPS) is 16.2. The van der Waals surface area contributed by atoms with Crippen LogP contribution < -0.4 is 5.73 Å². The molecule has 3 rings (SSSR count). The number of nitrogens with two attached hydrogens (primary N) is 1. The lowest BCUT2D eigenvalue weighted by Gasteiger charge is -2.17. The highest BCUT2D eigenvalue weighted by molar-refractivity contribution is 5.43. The maximum Gasteiger partial charge on any atom is 0.0478 e. The molecule has 98 valence electrons. The summed E-state index contributed by atoms with van der Waals surface area (Å²) >= 11 is 0. The number of hydrogen-bond acceptors (Lipinski definition) is 2. The molecule has 1 fully saturated rings. The first-order chi connectivity index (χ1) is 9.33. The minimum atomic E-state index is 0.380. The van der Waals surface area contributed by atoms with Crippen LogP contribution in [-0.2, 0) is 0 Å². The Morgan fingerprint density at radius 1 is 1.16 bits per heavy atom. The summed E-state index contributed by atoms with van der Waals surface area (Å²) in [4.78, 5) is 4.54. The standard InChI is InChI=1S/C17H20N2/c18-15-5-3-4-14(12-15)16(10-9-13-7-8-13)17-6-1-2-11-19-17/h1-6,11-13,16H,7-10,18H2. The molecule has 1 unspecified atom stereocenters. The molecule has 0 aliphatic heterocycles. The molecule has 1 saturated carbocycles. The summed E-state index contributed by atoms with van der Waals surface area (Å²) in [5, 5.41) is 0. The highest BCUT2D eigenvalue weighted by atomic mass is 14.7. The van der Waals surface area contributed by atoms with E-state index in [2.05, 4.69) is 29.2 Å². The summed E-state index contributed by atoms with van der Waals surface area (Å²) < 4.78 is 0. The molecule has 1 heterocycles. The van der Waals surface area contributed by atoms with Crippen LogP contribution in [0.5, 0.6) is 0 Å². The quantitative estimate of drug-likeness (QED) is 0.817. The van der Waals surface area contributed by atoms with E-state index in [1.165, 1.54) is 31.2 Å². The largest absolute Gasteiger partial charge is 0.399 e. The molecule has 0 spiro atoms. The van der Waals surface area contributed by atoms with Gasteiger partial charge in [-0.25, -0.2) is 0 Å². The van der Waals surface area contributed by atoms with Crippen LogP contribution in [0, 0.1) is 5.92 Å². The van der Waals surface area contributed by atoms with E-state index >= 15 is 0 Å². The number of nitrogen functional groups attached to an aromatic ring is 1. The van der Waals surface area contributed by atoms with E-state index in [1.807, 2.05) is 24.4 Å². The minimum Gasteiger partial charge on any atom is -0.399 e. The van der Waals surface area contributed by atoms with E-state index in [4.69, 9.17) is 5.73 Å². The predicted molar refractivity (Wildman–Crippen MR) is 78.9 cm³/mol. The lowest BCUT2D eigenvalue weighted by atomic mass is 9.89. The SMILES string of the molecule is Nc1cccc(C(CCC2CC2)c2ccccn2)c1. The van der Waals surface area contributed by atoms with Gasteiger partial charge in [-0.3, -0.25) is 4.98 Å². The van der Waals surface area contributed by atoms with E-state index in [-0.39, 0.29) is 0 Å². The van der Waals surface area contributed by atoms with Crippen LogP contribution in [0.1, 0.15) is 42.9 Å². The average molecular weight is 252 g/mol. The molecule has 2 aromatic rings. The fraction of sp³-hybridized carbons (Fsp3) is 0.353. The Balaban J connectivity index is 1.86. The fourth-order valence-electron chi connectivity index (χ4n) is 2.65. The monoisotopic (exact) mass is 252 g/mol. The Bertz CT molecular complexity index is 532. The van der Waals surface area contributed by atoms with E-state index in [0.717, 1.165) is 17.3 Å². The van der Waals surface area contributed by atoms with Gasteiger partial charge in [0.15, 0.2) is 0 Å². The molecule has 19 heavy (non-hydrogen) atoms. The lowest BCUT2D eigenvalue weighted by Crippen LogP contribution is -2.04. The highest BCUT2D eigenvalue weighted by Crippen LogP contribution is 2.38. The van der Waals surface area contributed by atoms with Crippen molar-refractivity contribution in [2.75, 3.05) is 5.73 Å². The molecular weight excluding hydrogens is 232 g/mol. The minimum absolute atomic E-state index is 0.380. The van der Waals surface area contributed by atoms with Gasteiger partial charge in [-0.2, -0.15) is 0 Å². The third kappa shape index (κ3) is 3.14. The predicted octanol–water partition coefficient (Wildman–Crippen LogP) is 3.99. The van der Waals surface area contributed by atoms with Gasteiger partial charge < -0.3 is 5.73 Å². The van der Waals surface area contributed by atoms with Crippen LogP contribution in [0.3, 0.4) is 0 Å². The van der Waals surface area contributed by atoms with E-state index in [1.54, 1.807) is 0 Å². The second-order valence-electron chi connectivity index (χ2n) is 5.50. The molecule has 1 aromatic heterocycles. The molecule has 0 bridgehead atoms. The maximum atomic E-state index is 5.92. The average Bonchev–Trinajstić information content (AvgIpc) is 3.25. The number of rotatable bonds is 5. The summed E-state index contributed by atoms with van der Waals surface area (Å²) in [6, 6.07) is 14.4. The first kappa shape index (κ1) is 12.2. The fourth-order valence-corrected chi connectivity index (χ4v) is 2.65. The molecule has 2 nitrogen and oxygen atoms in total. The Hall–Kier alpha value is -1.83. The zero-order chi connectivity index (χ0) is 13.1. The van der Waals surface area contributed by atoms with Gasteiger partial charge in [-0.05, 0) is 48.6 Å². The molecule has 1 aliphatic rings. The summed E-state index contributed by atoms with van der Waals surface area (Å²) in [5.74, 6) is 1.33. The first-order valence-corrected chi connectivity index (χ1v) is 7.09. The molecule has 1 aromatic carbocycles. The number of pyridine rings is 1. The Morgan fingerprint density at radius 3 is 2.74 bits per heavy atom. The Kier molecular flexibility index (Phi) is 3.49. The van der Waals surface area contributed by atoms with Crippen molar-refractivity contribution in [3.05, 3.63) is 59.9 Å². The van der Waals surface area contributed by atoms with Gasteiger partial charge in [-0.15, -0.1) is 0 Å². The number of hydrogen-bond donors (Lipinski definition) is 1. The van der Waals surface area contributed by atoms with Crippen molar-refractivity contribution in [3.8, 4) is 0 Å². The summed E-state index contributed by atoms with van der Waals surface area (Å²) in [7, 11) is 0. The Morgan fingerprint density at radius 2 is 2.05 bits per heavy atom. The van der Waals surface area contributed by atoms with E-state index < -0.39 is 0 Å². The van der Waals surface area contributed by atoms with Gasteiger partial charge in [0, 0.05) is 23.5 Å². The highest BCUT2D eigenvalue weighted by Gasteiger charge is 2.24. The Labute approximate surface area is 114 Å². The van der Waals surface area contributed by atoms with Crippen molar-refractivity contribution in [2.24, 2.45) is 5.92 Å². The van der Waals surface area contributed by atoms with Gasteiger partial charge in [-0.1, -0.05) is 31.0 Å². The summed E-state index contributed by atoms with van der Waals surface area (Å²) in [6.07, 6.45) is 7.17. The number of benzene rings is 1. The van der Waals surface area contributed by atoms with Crippen molar-refractivity contribution >= 4 is 5.69 Å². The van der Waals surface area contributed by atoms with Crippen LogP contribution in [-0.4, -0.2) is 4.98 Å². The number of anilines is 1. The molecular formula is C17H20N2. The van der Waals surface area contributed by atoms with Crippen LogP contribution in [0.2, 0.25) is 0 Å². The smallest absolute Gasteiger partial charge is 0.0478 e. The second kappa shape index (κ2) is 5.43. The van der Waals surface area contributed by atoms with Gasteiger partial charge in [0.05, 0.1) is 0 Å². The lowest BCUT2D eigenvalue weighted by molar-refractivity contribution is 0.604. The zero-order valence-corrected chi connectivity index (χ0v) is 11.1. The van der Waals surface area contributed by atoms with Crippen LogP contribution in [0.25, 0.3) is 0 Å². The molecule has 0 amide bonds. The van der Waals surface area contributed by atoms with Gasteiger partial charge in [0.1, 0.15) is 0 Å². The van der Waals surface area contributed by atoms with Crippen molar-refractivity contribution < 1.29 is 0 Å². The van der Waals surface area contributed by atoms with Crippen LogP contribution >= 0.6 is 0 Å². The maximum absolute atomic E-state index is 5.92. The van der Waals surface area contributed by atoms with Gasteiger partial charge in [0.25, 0.3) is 0 Å². The van der Waals surface area contributed by atoms with Crippen molar-refractivity contribution in [3.63, 3.8) is 0 Å². The number of aromatic nitrogens is 1. The summed E-state index contributed by atoms with van der Waals surface area (Å²) in [6.45, 7) is 0. The number of nitrogens with zero attached hydrogens (tertiary/aromatic N) is 1. The second-order valence-corrected chi connectivity index (χ2v) is 5.50. The zero-order valence-electron chi connectivity index (χ0n) is 11.1. The third-order valence-corrected chi connectivity index (χ3v) is 3.92. The third-order valence-electron chi connectivity index (χ3n) is 3.92. The van der Waals surface area contributed by atoms with Gasteiger partial charge in [0.2, 0.25) is 0 Å². The van der Waals surface area contributed by atoms with Crippen LogP contribution in [0.15, 0.2) is 48.7 Å². The molecule has 1 aliphatic carbocycles. The van der Waals surface area contributed by atoms with Crippen molar-refractivity contribution in [1.82, 2.24) is 4.98 Å². The van der Waals surface area contributed by atoms with Crippen molar-refractivity contribution in [2.45, 2.75) is 31.6 Å².